The molecule has 0 saturated carbocycles. The van der Waals surface area contributed by atoms with Gasteiger partial charge < -0.3 is 15.0 Å². The van der Waals surface area contributed by atoms with E-state index in [2.05, 4.69) is 59.6 Å². The number of fused-ring (bicyclic) bond motifs is 1. The van der Waals surface area contributed by atoms with Gasteiger partial charge in [0, 0.05) is 24.8 Å². The molecule has 3 aromatic rings. The van der Waals surface area contributed by atoms with Gasteiger partial charge in [0.25, 0.3) is 0 Å². The van der Waals surface area contributed by atoms with Crippen LogP contribution in [0.4, 0.5) is 10.1 Å². The maximum Gasteiger partial charge on any atom is 0.123 e. The highest BCUT2D eigenvalue weighted by Gasteiger charge is 2.24. The Morgan fingerprint density at radius 2 is 1.82 bits per heavy atom. The van der Waals surface area contributed by atoms with Gasteiger partial charge in [-0.25, -0.2) is 4.39 Å². The molecule has 1 unspecified atom stereocenters. The molecule has 3 nitrogen and oxygen atoms in total. The normalized spacial score (nSPS) is 17.9. The van der Waals surface area contributed by atoms with Crippen LogP contribution in [-0.4, -0.2) is 32.3 Å². The number of morpholine rings is 1. The summed E-state index contributed by atoms with van der Waals surface area (Å²) >= 11 is 0. The van der Waals surface area contributed by atoms with Crippen LogP contribution >= 0.6 is 12.4 Å². The second-order valence-corrected chi connectivity index (χ2v) is 7.10. The average molecular weight is 401 g/mol. The first-order chi connectivity index (χ1) is 13.2. The van der Waals surface area contributed by atoms with Gasteiger partial charge in [0.05, 0.1) is 19.3 Å². The highest BCUT2D eigenvalue weighted by Crippen LogP contribution is 2.25. The molecule has 148 valence electrons. The quantitative estimate of drug-likeness (QED) is 0.655. The van der Waals surface area contributed by atoms with Gasteiger partial charge >= 0.3 is 0 Å². The van der Waals surface area contributed by atoms with Crippen molar-refractivity contribution in [2.45, 2.75) is 19.0 Å². The van der Waals surface area contributed by atoms with Crippen molar-refractivity contribution in [2.75, 3.05) is 31.2 Å². The molecular formula is C23H26ClFN2O. The lowest BCUT2D eigenvalue weighted by Crippen LogP contribution is -2.50. The van der Waals surface area contributed by atoms with Crippen molar-refractivity contribution in [3.05, 3.63) is 78.1 Å². The fourth-order valence-corrected chi connectivity index (χ4v) is 3.85. The summed E-state index contributed by atoms with van der Waals surface area (Å²) in [6, 6.07) is 22.1. The molecule has 0 spiro atoms. The van der Waals surface area contributed by atoms with Gasteiger partial charge in [-0.15, -0.1) is 12.4 Å². The van der Waals surface area contributed by atoms with Crippen LogP contribution in [-0.2, 0) is 4.74 Å². The summed E-state index contributed by atoms with van der Waals surface area (Å²) in [5.41, 5.74) is 2.35. The van der Waals surface area contributed by atoms with Crippen molar-refractivity contribution in [1.82, 2.24) is 5.32 Å². The molecule has 3 aromatic carbocycles. The largest absolute Gasteiger partial charge is 0.377 e. The van der Waals surface area contributed by atoms with Crippen LogP contribution in [0.1, 0.15) is 18.5 Å². The summed E-state index contributed by atoms with van der Waals surface area (Å²) in [5.74, 6) is -0.203. The smallest absolute Gasteiger partial charge is 0.123 e. The van der Waals surface area contributed by atoms with Crippen LogP contribution in [0, 0.1) is 5.82 Å². The number of anilines is 1. The van der Waals surface area contributed by atoms with E-state index in [1.165, 1.54) is 28.5 Å². The van der Waals surface area contributed by atoms with E-state index in [1.54, 1.807) is 0 Å². The summed E-state index contributed by atoms with van der Waals surface area (Å²) < 4.78 is 19.0. The molecule has 1 fully saturated rings. The molecule has 2 atom stereocenters. The summed E-state index contributed by atoms with van der Waals surface area (Å²) in [5, 5.41) is 6.23. The number of nitrogens with one attached hydrogen (secondary N) is 1. The summed E-state index contributed by atoms with van der Waals surface area (Å²) in [4.78, 5) is 2.31. The fourth-order valence-electron chi connectivity index (χ4n) is 3.85. The molecule has 1 N–H and O–H groups in total. The predicted octanol–water partition coefficient (Wildman–Crippen LogP) is 4.96. The third-order valence-electron chi connectivity index (χ3n) is 5.34. The van der Waals surface area contributed by atoms with E-state index in [0.29, 0.717) is 13.2 Å². The van der Waals surface area contributed by atoms with Crippen molar-refractivity contribution in [3.8, 4) is 0 Å². The van der Waals surface area contributed by atoms with E-state index >= 15 is 0 Å². The van der Waals surface area contributed by atoms with Gasteiger partial charge in [-0.05, 0) is 47.5 Å². The zero-order chi connectivity index (χ0) is 18.6. The highest BCUT2D eigenvalue weighted by atomic mass is 35.5. The first-order valence-corrected chi connectivity index (χ1v) is 9.53. The SMILES string of the molecule is C[C@@H](NCC1COCCN1c1ccc(F)cc1)c1cccc2ccccc12.Cl. The zero-order valence-electron chi connectivity index (χ0n) is 16.0. The molecule has 1 saturated heterocycles. The molecule has 0 radical (unpaired) electrons. The van der Waals surface area contributed by atoms with Gasteiger partial charge in [-0.2, -0.15) is 0 Å². The molecule has 0 aliphatic carbocycles. The van der Waals surface area contributed by atoms with Crippen LogP contribution in [0.5, 0.6) is 0 Å². The molecule has 1 aliphatic rings. The second-order valence-electron chi connectivity index (χ2n) is 7.10. The number of ether oxygens (including phenoxy) is 1. The summed E-state index contributed by atoms with van der Waals surface area (Å²) in [7, 11) is 0. The summed E-state index contributed by atoms with van der Waals surface area (Å²) in [6.07, 6.45) is 0. The minimum absolute atomic E-state index is 0. The van der Waals surface area contributed by atoms with Gasteiger partial charge in [-0.1, -0.05) is 42.5 Å². The van der Waals surface area contributed by atoms with Gasteiger partial charge in [0.15, 0.2) is 0 Å². The topological polar surface area (TPSA) is 24.5 Å². The fraction of sp³-hybridized carbons (Fsp3) is 0.304. The third-order valence-corrected chi connectivity index (χ3v) is 5.34. The van der Waals surface area contributed by atoms with Crippen LogP contribution in [0.15, 0.2) is 66.7 Å². The highest BCUT2D eigenvalue weighted by molar-refractivity contribution is 5.86. The van der Waals surface area contributed by atoms with Crippen molar-refractivity contribution < 1.29 is 9.13 Å². The van der Waals surface area contributed by atoms with E-state index in [1.807, 2.05) is 12.1 Å². The van der Waals surface area contributed by atoms with Crippen LogP contribution < -0.4 is 10.2 Å². The standard InChI is InChI=1S/C23H25FN2O.ClH/c1-17(22-8-4-6-18-5-2-3-7-23(18)22)25-15-21-16-27-14-13-26(21)20-11-9-19(24)10-12-20;/h2-12,17,21,25H,13-16H2,1H3;1H/t17-,21?;/m1./s1. The first kappa shape index (κ1) is 20.6. The molecule has 1 aliphatic heterocycles. The van der Waals surface area contributed by atoms with E-state index in [0.717, 1.165) is 18.8 Å². The molecule has 28 heavy (non-hydrogen) atoms. The number of nitrogens with zero attached hydrogens (tertiary/aromatic N) is 1. The van der Waals surface area contributed by atoms with E-state index in [9.17, 15) is 4.39 Å². The molecular weight excluding hydrogens is 375 g/mol. The molecule has 1 heterocycles. The monoisotopic (exact) mass is 400 g/mol. The first-order valence-electron chi connectivity index (χ1n) is 9.53. The van der Waals surface area contributed by atoms with E-state index in [4.69, 9.17) is 4.74 Å². The molecule has 4 rings (SSSR count). The maximum atomic E-state index is 13.3. The lowest BCUT2D eigenvalue weighted by molar-refractivity contribution is 0.0930. The van der Waals surface area contributed by atoms with Gasteiger partial charge in [0.2, 0.25) is 0 Å². The number of halogens is 2. The Labute approximate surface area is 171 Å². The minimum atomic E-state index is -0.203. The molecule has 5 heteroatoms. The Morgan fingerprint density at radius 3 is 2.64 bits per heavy atom. The maximum absolute atomic E-state index is 13.3. The zero-order valence-corrected chi connectivity index (χ0v) is 16.8. The van der Waals surface area contributed by atoms with Gasteiger partial charge in [0.1, 0.15) is 5.82 Å². The van der Waals surface area contributed by atoms with E-state index < -0.39 is 0 Å². The lowest BCUT2D eigenvalue weighted by Gasteiger charge is -2.38. The molecule has 0 aromatic heterocycles. The average Bonchev–Trinajstić information content (AvgIpc) is 2.72. The van der Waals surface area contributed by atoms with Crippen molar-refractivity contribution in [1.29, 1.82) is 0 Å². The Bertz CT molecular complexity index is 897. The summed E-state index contributed by atoms with van der Waals surface area (Å²) in [6.45, 7) is 5.20. The predicted molar refractivity (Wildman–Crippen MR) is 116 cm³/mol. The van der Waals surface area contributed by atoms with Crippen molar-refractivity contribution >= 4 is 28.9 Å². The second kappa shape index (κ2) is 9.37. The third kappa shape index (κ3) is 4.46. The van der Waals surface area contributed by atoms with Crippen LogP contribution in [0.3, 0.4) is 0 Å². The lowest BCUT2D eigenvalue weighted by atomic mass is 9.99. The Morgan fingerprint density at radius 1 is 1.07 bits per heavy atom. The van der Waals surface area contributed by atoms with Crippen molar-refractivity contribution in [2.24, 2.45) is 0 Å². The number of benzene rings is 3. The Balaban J connectivity index is 0.00000225. The van der Waals surface area contributed by atoms with Crippen LogP contribution in [0.25, 0.3) is 10.8 Å². The Kier molecular flexibility index (Phi) is 6.89. The van der Waals surface area contributed by atoms with Crippen molar-refractivity contribution in [3.63, 3.8) is 0 Å². The minimum Gasteiger partial charge on any atom is -0.377 e. The van der Waals surface area contributed by atoms with E-state index in [-0.39, 0.29) is 30.3 Å². The van der Waals surface area contributed by atoms with Gasteiger partial charge in [-0.3, -0.25) is 0 Å². The Hall–Kier alpha value is -2.14. The number of hydrogen-bond acceptors (Lipinski definition) is 3. The molecule has 0 amide bonds. The molecule has 0 bridgehead atoms. The number of rotatable bonds is 5. The number of hydrogen-bond donors (Lipinski definition) is 1. The van der Waals surface area contributed by atoms with Crippen LogP contribution in [0.2, 0.25) is 0 Å².